The summed E-state index contributed by atoms with van der Waals surface area (Å²) in [7, 11) is 1.72. The van der Waals surface area contributed by atoms with Crippen LogP contribution in [0.3, 0.4) is 0 Å². The zero-order valence-corrected chi connectivity index (χ0v) is 12.6. The lowest BCUT2D eigenvalue weighted by molar-refractivity contribution is 0.0945. The second-order valence-corrected chi connectivity index (χ2v) is 5.69. The monoisotopic (exact) mass is 308 g/mol. The van der Waals surface area contributed by atoms with E-state index in [1.54, 1.807) is 19.2 Å². The molecule has 0 aliphatic rings. The number of rotatable bonds is 5. The summed E-state index contributed by atoms with van der Waals surface area (Å²) in [5.41, 5.74) is 6.68. The quantitative estimate of drug-likeness (QED) is 0.791. The SMILES string of the molecule is CNc1nc(N)c(C(=O)NC(C)Cc2ccc(F)cc2)s1. The summed E-state index contributed by atoms with van der Waals surface area (Å²) in [6.07, 6.45) is 0.615. The maximum atomic E-state index is 12.8. The molecular weight excluding hydrogens is 291 g/mol. The minimum atomic E-state index is -0.271. The van der Waals surface area contributed by atoms with E-state index >= 15 is 0 Å². The van der Waals surface area contributed by atoms with Gasteiger partial charge in [-0.15, -0.1) is 0 Å². The molecule has 2 aromatic rings. The van der Waals surface area contributed by atoms with Crippen molar-refractivity contribution < 1.29 is 9.18 Å². The van der Waals surface area contributed by atoms with E-state index < -0.39 is 0 Å². The Bertz CT molecular complexity index is 626. The molecule has 4 N–H and O–H groups in total. The normalized spacial score (nSPS) is 12.0. The second-order valence-electron chi connectivity index (χ2n) is 4.69. The Morgan fingerprint density at radius 2 is 2.10 bits per heavy atom. The van der Waals surface area contributed by atoms with Crippen LogP contribution in [0.15, 0.2) is 24.3 Å². The number of nitrogen functional groups attached to an aromatic ring is 1. The van der Waals surface area contributed by atoms with Crippen molar-refractivity contribution in [3.63, 3.8) is 0 Å². The molecule has 0 aliphatic heterocycles. The first kappa shape index (κ1) is 15.2. The molecule has 1 aromatic heterocycles. The van der Waals surface area contributed by atoms with Gasteiger partial charge in [0.1, 0.15) is 16.5 Å². The third-order valence-corrected chi connectivity index (χ3v) is 3.99. The first-order valence-electron chi connectivity index (χ1n) is 6.49. The van der Waals surface area contributed by atoms with Gasteiger partial charge in [0, 0.05) is 13.1 Å². The van der Waals surface area contributed by atoms with E-state index in [0.717, 1.165) is 5.56 Å². The molecule has 1 unspecified atom stereocenters. The molecule has 0 bridgehead atoms. The topological polar surface area (TPSA) is 80.0 Å². The largest absolute Gasteiger partial charge is 0.382 e. The fourth-order valence-corrected chi connectivity index (χ4v) is 2.66. The van der Waals surface area contributed by atoms with Gasteiger partial charge in [-0.2, -0.15) is 0 Å². The predicted octanol–water partition coefficient (Wildman–Crippen LogP) is 2.27. The van der Waals surface area contributed by atoms with Crippen molar-refractivity contribution in [2.75, 3.05) is 18.1 Å². The van der Waals surface area contributed by atoms with Crippen LogP contribution in [-0.2, 0) is 6.42 Å². The Labute approximate surface area is 126 Å². The van der Waals surface area contributed by atoms with Crippen LogP contribution in [-0.4, -0.2) is 24.0 Å². The molecule has 0 aliphatic carbocycles. The first-order chi connectivity index (χ1) is 9.99. The van der Waals surface area contributed by atoms with Crippen LogP contribution in [0.4, 0.5) is 15.3 Å². The van der Waals surface area contributed by atoms with E-state index in [1.165, 1.54) is 23.5 Å². The van der Waals surface area contributed by atoms with Gasteiger partial charge in [0.2, 0.25) is 0 Å². The minimum Gasteiger partial charge on any atom is -0.382 e. The summed E-state index contributed by atoms with van der Waals surface area (Å²) in [5, 5.41) is 6.32. The molecule has 1 heterocycles. The molecule has 2 rings (SSSR count). The molecule has 0 fully saturated rings. The van der Waals surface area contributed by atoms with Crippen molar-refractivity contribution in [1.29, 1.82) is 0 Å². The first-order valence-corrected chi connectivity index (χ1v) is 7.30. The number of carbonyl (C=O) groups excluding carboxylic acids is 1. The Morgan fingerprint density at radius 3 is 2.67 bits per heavy atom. The number of hydrogen-bond donors (Lipinski definition) is 3. The highest BCUT2D eigenvalue weighted by Crippen LogP contribution is 2.24. The van der Waals surface area contributed by atoms with Gasteiger partial charge in [0.15, 0.2) is 5.13 Å². The van der Waals surface area contributed by atoms with E-state index in [-0.39, 0.29) is 23.6 Å². The van der Waals surface area contributed by atoms with Gasteiger partial charge in [0.05, 0.1) is 0 Å². The lowest BCUT2D eigenvalue weighted by Crippen LogP contribution is -2.34. The molecule has 0 saturated carbocycles. The molecule has 0 spiro atoms. The summed E-state index contributed by atoms with van der Waals surface area (Å²) >= 11 is 1.21. The predicted molar refractivity (Wildman–Crippen MR) is 83.1 cm³/mol. The maximum absolute atomic E-state index is 12.8. The van der Waals surface area contributed by atoms with Crippen LogP contribution in [0.1, 0.15) is 22.2 Å². The smallest absolute Gasteiger partial charge is 0.265 e. The third kappa shape index (κ3) is 3.91. The molecule has 1 atom stereocenters. The van der Waals surface area contributed by atoms with Gasteiger partial charge in [-0.25, -0.2) is 9.37 Å². The lowest BCUT2D eigenvalue weighted by Gasteiger charge is -2.13. The number of nitrogens with two attached hydrogens (primary N) is 1. The Balaban J connectivity index is 1.98. The number of anilines is 2. The van der Waals surface area contributed by atoms with E-state index in [9.17, 15) is 9.18 Å². The van der Waals surface area contributed by atoms with Gasteiger partial charge >= 0.3 is 0 Å². The number of carbonyl (C=O) groups is 1. The average Bonchev–Trinajstić information content (AvgIpc) is 2.82. The molecule has 0 radical (unpaired) electrons. The number of aromatic nitrogens is 1. The molecule has 1 aromatic carbocycles. The number of nitrogens with one attached hydrogen (secondary N) is 2. The number of amides is 1. The summed E-state index contributed by atoms with van der Waals surface area (Å²) < 4.78 is 12.8. The number of nitrogens with zero attached hydrogens (tertiary/aromatic N) is 1. The van der Waals surface area contributed by atoms with E-state index in [4.69, 9.17) is 5.73 Å². The zero-order valence-electron chi connectivity index (χ0n) is 11.8. The number of thiazole rings is 1. The van der Waals surface area contributed by atoms with Gasteiger partial charge in [-0.1, -0.05) is 23.5 Å². The summed E-state index contributed by atoms with van der Waals surface area (Å²) in [5.74, 6) is -0.301. The Hall–Kier alpha value is -2.15. The Morgan fingerprint density at radius 1 is 1.43 bits per heavy atom. The molecule has 1 amide bonds. The minimum absolute atomic E-state index is 0.0949. The van der Waals surface area contributed by atoms with Crippen molar-refractivity contribution in [2.24, 2.45) is 0 Å². The molecular formula is C14H17FN4OS. The van der Waals surface area contributed by atoms with E-state index in [0.29, 0.717) is 16.4 Å². The lowest BCUT2D eigenvalue weighted by atomic mass is 10.1. The number of hydrogen-bond acceptors (Lipinski definition) is 5. The van der Waals surface area contributed by atoms with Crippen molar-refractivity contribution in [2.45, 2.75) is 19.4 Å². The number of benzene rings is 1. The van der Waals surface area contributed by atoms with Crippen LogP contribution < -0.4 is 16.4 Å². The van der Waals surface area contributed by atoms with Crippen molar-refractivity contribution in [1.82, 2.24) is 10.3 Å². The van der Waals surface area contributed by atoms with Crippen molar-refractivity contribution >= 4 is 28.2 Å². The maximum Gasteiger partial charge on any atom is 0.265 e. The third-order valence-electron chi connectivity index (χ3n) is 2.91. The zero-order chi connectivity index (χ0) is 15.4. The van der Waals surface area contributed by atoms with Crippen LogP contribution >= 0.6 is 11.3 Å². The van der Waals surface area contributed by atoms with E-state index in [2.05, 4.69) is 15.6 Å². The van der Waals surface area contributed by atoms with Crippen LogP contribution in [0.5, 0.6) is 0 Å². The van der Waals surface area contributed by atoms with E-state index in [1.807, 2.05) is 6.92 Å². The standard InChI is InChI=1S/C14H17FN4OS/c1-8(7-9-3-5-10(15)6-4-9)18-13(20)11-12(16)19-14(17-2)21-11/h3-6,8H,7,16H2,1-2H3,(H,17,19)(H,18,20). The summed E-state index contributed by atoms with van der Waals surface area (Å²) in [6.45, 7) is 1.89. The molecule has 5 nitrogen and oxygen atoms in total. The highest BCUT2D eigenvalue weighted by Gasteiger charge is 2.17. The molecule has 0 saturated heterocycles. The van der Waals surface area contributed by atoms with Gasteiger partial charge in [-0.3, -0.25) is 4.79 Å². The van der Waals surface area contributed by atoms with Crippen LogP contribution in [0, 0.1) is 5.82 Å². The van der Waals surface area contributed by atoms with Gasteiger partial charge < -0.3 is 16.4 Å². The second kappa shape index (κ2) is 6.53. The molecule has 21 heavy (non-hydrogen) atoms. The van der Waals surface area contributed by atoms with Crippen molar-refractivity contribution in [3.8, 4) is 0 Å². The molecule has 112 valence electrons. The number of halogens is 1. The van der Waals surface area contributed by atoms with Crippen molar-refractivity contribution in [3.05, 3.63) is 40.5 Å². The Kier molecular flexibility index (Phi) is 4.74. The average molecular weight is 308 g/mol. The highest BCUT2D eigenvalue weighted by atomic mass is 32.1. The van der Waals surface area contributed by atoms with Crippen LogP contribution in [0.25, 0.3) is 0 Å². The van der Waals surface area contributed by atoms with Gasteiger partial charge in [0.25, 0.3) is 5.91 Å². The highest BCUT2D eigenvalue weighted by molar-refractivity contribution is 7.18. The fraction of sp³-hybridized carbons (Fsp3) is 0.286. The fourth-order valence-electron chi connectivity index (χ4n) is 1.92. The summed E-state index contributed by atoms with van der Waals surface area (Å²) in [6, 6.07) is 6.13. The molecule has 7 heteroatoms. The van der Waals surface area contributed by atoms with Gasteiger partial charge in [-0.05, 0) is 31.0 Å². The summed E-state index contributed by atoms with van der Waals surface area (Å²) in [4.78, 5) is 16.6. The van der Waals surface area contributed by atoms with Crippen LogP contribution in [0.2, 0.25) is 0 Å².